The van der Waals surface area contributed by atoms with E-state index >= 15 is 0 Å². The van der Waals surface area contributed by atoms with Crippen molar-refractivity contribution in [3.63, 3.8) is 0 Å². The molecule has 2 heterocycles. The van der Waals surface area contributed by atoms with Gasteiger partial charge in [0.2, 0.25) is 5.91 Å². The van der Waals surface area contributed by atoms with Crippen molar-refractivity contribution < 1.29 is 4.79 Å². The van der Waals surface area contributed by atoms with E-state index in [1.165, 1.54) is 4.68 Å². The molecule has 23 heavy (non-hydrogen) atoms. The van der Waals surface area contributed by atoms with Crippen LogP contribution in [0.5, 0.6) is 0 Å². The van der Waals surface area contributed by atoms with Gasteiger partial charge < -0.3 is 4.90 Å². The summed E-state index contributed by atoms with van der Waals surface area (Å²) in [6.45, 7) is 5.04. The van der Waals surface area contributed by atoms with Crippen LogP contribution in [0, 0.1) is 0 Å². The van der Waals surface area contributed by atoms with Crippen LogP contribution in [0.3, 0.4) is 0 Å². The normalized spacial score (nSPS) is 21.6. The summed E-state index contributed by atoms with van der Waals surface area (Å²) in [6, 6.07) is 7.58. The third-order valence-corrected chi connectivity index (χ3v) is 5.89. The Morgan fingerprint density at radius 3 is 2.74 bits per heavy atom. The van der Waals surface area contributed by atoms with Gasteiger partial charge in [-0.3, -0.25) is 9.59 Å². The molecule has 0 radical (unpaired) electrons. The van der Waals surface area contributed by atoms with Crippen molar-refractivity contribution in [1.29, 1.82) is 0 Å². The second kappa shape index (κ2) is 6.35. The zero-order chi connectivity index (χ0) is 16.6. The van der Waals surface area contributed by atoms with Gasteiger partial charge >= 0.3 is 0 Å². The molecule has 3 rings (SSSR count). The molecule has 1 aromatic carbocycles. The predicted octanol–water partition coefficient (Wildman–Crippen LogP) is 1.83. The molecule has 1 aromatic heterocycles. The standard InChI is InChI=1S/C17H21N3O2S/c1-11-12(2)23-9-8-20(11)16(21)10-15-13-6-4-5-7-14(13)17(22)19(3)18-15/h4-7,11-12H,8-10H2,1-3H3. The first-order valence-corrected chi connectivity index (χ1v) is 8.90. The number of benzene rings is 1. The fraction of sp³-hybridized carbons (Fsp3) is 0.471. The number of fused-ring (bicyclic) bond motifs is 1. The summed E-state index contributed by atoms with van der Waals surface area (Å²) in [6.07, 6.45) is 0.232. The number of hydrogen-bond donors (Lipinski definition) is 0. The topological polar surface area (TPSA) is 55.2 Å². The summed E-state index contributed by atoms with van der Waals surface area (Å²) >= 11 is 1.91. The Kier molecular flexibility index (Phi) is 4.43. The number of nitrogens with zero attached hydrogens (tertiary/aromatic N) is 3. The van der Waals surface area contributed by atoms with Crippen LogP contribution in [0.4, 0.5) is 0 Å². The molecule has 1 fully saturated rings. The monoisotopic (exact) mass is 331 g/mol. The number of carbonyl (C=O) groups is 1. The second-order valence-electron chi connectivity index (χ2n) is 6.00. The lowest BCUT2D eigenvalue weighted by Crippen LogP contribution is -2.48. The van der Waals surface area contributed by atoms with Crippen LogP contribution in [0.2, 0.25) is 0 Å². The zero-order valence-corrected chi connectivity index (χ0v) is 14.5. The van der Waals surface area contributed by atoms with E-state index in [0.29, 0.717) is 16.3 Å². The molecule has 1 amide bonds. The SMILES string of the molecule is CC1SCCN(C(=O)Cc2nn(C)c(=O)c3ccccc23)C1C. The van der Waals surface area contributed by atoms with Gasteiger partial charge in [0.05, 0.1) is 17.5 Å². The minimum absolute atomic E-state index is 0.0842. The molecule has 2 aromatic rings. The first-order chi connectivity index (χ1) is 11.0. The average molecular weight is 331 g/mol. The van der Waals surface area contributed by atoms with E-state index in [1.807, 2.05) is 34.9 Å². The lowest BCUT2D eigenvalue weighted by Gasteiger charge is -2.37. The molecule has 1 aliphatic rings. The van der Waals surface area contributed by atoms with Crippen molar-refractivity contribution in [2.45, 2.75) is 31.6 Å². The first kappa shape index (κ1) is 16.1. The molecule has 0 aliphatic carbocycles. The van der Waals surface area contributed by atoms with Crippen LogP contribution in [-0.4, -0.2) is 44.2 Å². The lowest BCUT2D eigenvalue weighted by molar-refractivity contribution is -0.132. The first-order valence-electron chi connectivity index (χ1n) is 7.85. The lowest BCUT2D eigenvalue weighted by atomic mass is 10.1. The minimum Gasteiger partial charge on any atom is -0.338 e. The molecule has 5 nitrogen and oxygen atoms in total. The van der Waals surface area contributed by atoms with Gasteiger partial charge in [-0.1, -0.05) is 25.1 Å². The van der Waals surface area contributed by atoms with Crippen molar-refractivity contribution in [1.82, 2.24) is 14.7 Å². The Morgan fingerprint density at radius 2 is 2.00 bits per heavy atom. The van der Waals surface area contributed by atoms with E-state index in [0.717, 1.165) is 17.7 Å². The van der Waals surface area contributed by atoms with Crippen molar-refractivity contribution in [2.75, 3.05) is 12.3 Å². The average Bonchev–Trinajstić information content (AvgIpc) is 2.55. The highest BCUT2D eigenvalue weighted by Crippen LogP contribution is 2.25. The largest absolute Gasteiger partial charge is 0.338 e. The van der Waals surface area contributed by atoms with Gasteiger partial charge in [-0.2, -0.15) is 16.9 Å². The van der Waals surface area contributed by atoms with E-state index in [9.17, 15) is 9.59 Å². The maximum absolute atomic E-state index is 12.8. The maximum Gasteiger partial charge on any atom is 0.274 e. The summed E-state index contributed by atoms with van der Waals surface area (Å²) in [5.74, 6) is 1.06. The maximum atomic E-state index is 12.8. The zero-order valence-electron chi connectivity index (χ0n) is 13.7. The Hall–Kier alpha value is -1.82. The third kappa shape index (κ3) is 3.00. The second-order valence-corrected chi connectivity index (χ2v) is 7.49. The Balaban J connectivity index is 1.94. The Morgan fingerprint density at radius 1 is 1.30 bits per heavy atom. The van der Waals surface area contributed by atoms with Gasteiger partial charge in [-0.05, 0) is 13.0 Å². The summed E-state index contributed by atoms with van der Waals surface area (Å²) in [4.78, 5) is 26.9. The molecule has 0 N–H and O–H groups in total. The van der Waals surface area contributed by atoms with Crippen molar-refractivity contribution in [2.24, 2.45) is 7.05 Å². The number of amides is 1. The highest BCUT2D eigenvalue weighted by Gasteiger charge is 2.29. The van der Waals surface area contributed by atoms with Crippen LogP contribution in [0.1, 0.15) is 19.5 Å². The van der Waals surface area contributed by atoms with Gasteiger partial charge in [0.25, 0.3) is 5.56 Å². The molecule has 0 bridgehead atoms. The quantitative estimate of drug-likeness (QED) is 0.842. The van der Waals surface area contributed by atoms with Crippen molar-refractivity contribution in [3.8, 4) is 0 Å². The van der Waals surface area contributed by atoms with E-state index in [2.05, 4.69) is 18.9 Å². The van der Waals surface area contributed by atoms with E-state index in [-0.39, 0.29) is 23.9 Å². The number of thioether (sulfide) groups is 1. The number of rotatable bonds is 2. The molecule has 0 saturated carbocycles. The number of aryl methyl sites for hydroxylation is 1. The van der Waals surface area contributed by atoms with Crippen LogP contribution >= 0.6 is 11.8 Å². The summed E-state index contributed by atoms with van der Waals surface area (Å²) in [7, 11) is 1.63. The summed E-state index contributed by atoms with van der Waals surface area (Å²) in [5.41, 5.74) is 0.541. The van der Waals surface area contributed by atoms with E-state index < -0.39 is 0 Å². The van der Waals surface area contributed by atoms with Gasteiger partial charge in [0, 0.05) is 36.0 Å². The molecule has 6 heteroatoms. The minimum atomic E-state index is -0.131. The summed E-state index contributed by atoms with van der Waals surface area (Å²) in [5, 5.41) is 6.16. The van der Waals surface area contributed by atoms with Gasteiger partial charge in [0.15, 0.2) is 0 Å². The van der Waals surface area contributed by atoms with Crippen LogP contribution in [0.15, 0.2) is 29.1 Å². The number of aromatic nitrogens is 2. The van der Waals surface area contributed by atoms with Crippen LogP contribution in [0.25, 0.3) is 10.8 Å². The number of hydrogen-bond acceptors (Lipinski definition) is 4. The molecule has 2 unspecified atom stereocenters. The third-order valence-electron chi connectivity index (χ3n) is 4.56. The van der Waals surface area contributed by atoms with Crippen LogP contribution in [-0.2, 0) is 18.3 Å². The highest BCUT2D eigenvalue weighted by atomic mass is 32.2. The fourth-order valence-electron chi connectivity index (χ4n) is 3.04. The Bertz CT molecular complexity index is 802. The Labute approximate surface area is 139 Å². The van der Waals surface area contributed by atoms with Gasteiger partial charge in [0.1, 0.15) is 0 Å². The predicted molar refractivity (Wildman–Crippen MR) is 93.8 cm³/mol. The molecule has 1 aliphatic heterocycles. The molecular formula is C17H21N3O2S. The number of carbonyl (C=O) groups excluding carboxylic acids is 1. The molecule has 122 valence electrons. The molecule has 0 spiro atoms. The molecule has 1 saturated heterocycles. The fourth-order valence-corrected chi connectivity index (χ4v) is 4.14. The van der Waals surface area contributed by atoms with Crippen molar-refractivity contribution >= 4 is 28.4 Å². The van der Waals surface area contributed by atoms with Crippen LogP contribution < -0.4 is 5.56 Å². The van der Waals surface area contributed by atoms with Gasteiger partial charge in [-0.15, -0.1) is 0 Å². The smallest absolute Gasteiger partial charge is 0.274 e. The summed E-state index contributed by atoms with van der Waals surface area (Å²) < 4.78 is 1.32. The van der Waals surface area contributed by atoms with E-state index in [1.54, 1.807) is 13.1 Å². The molecule has 2 atom stereocenters. The van der Waals surface area contributed by atoms with Crippen molar-refractivity contribution in [3.05, 3.63) is 40.3 Å². The van der Waals surface area contributed by atoms with Gasteiger partial charge in [-0.25, -0.2) is 4.68 Å². The molecular weight excluding hydrogens is 310 g/mol. The highest BCUT2D eigenvalue weighted by molar-refractivity contribution is 8.00. The van der Waals surface area contributed by atoms with E-state index in [4.69, 9.17) is 0 Å².